The van der Waals surface area contributed by atoms with Crippen molar-refractivity contribution in [1.82, 2.24) is 10.0 Å². The zero-order chi connectivity index (χ0) is 14.2. The van der Waals surface area contributed by atoms with Crippen LogP contribution in [0.25, 0.3) is 0 Å². The van der Waals surface area contributed by atoms with Crippen LogP contribution in [0, 0.1) is 6.92 Å². The third-order valence-electron chi connectivity index (χ3n) is 2.61. The molecule has 2 N–H and O–H groups in total. The molecule has 1 aromatic carbocycles. The van der Waals surface area contributed by atoms with Gasteiger partial charge in [-0.2, -0.15) is 4.72 Å². The SMILES string of the molecule is CC(=O)NCC1NS(=O)(=O)c2cc(C)c(Cl)cc2S1. The van der Waals surface area contributed by atoms with Crippen LogP contribution in [0.4, 0.5) is 0 Å². The summed E-state index contributed by atoms with van der Waals surface area (Å²) in [6.45, 7) is 3.37. The molecule has 0 bridgehead atoms. The molecule has 1 atom stereocenters. The van der Waals surface area contributed by atoms with E-state index >= 15 is 0 Å². The topological polar surface area (TPSA) is 75.3 Å². The maximum absolute atomic E-state index is 12.1. The van der Waals surface area contributed by atoms with Crippen molar-refractivity contribution in [2.24, 2.45) is 0 Å². The molecular weight excluding hydrogens is 308 g/mol. The van der Waals surface area contributed by atoms with Crippen LogP contribution in [0.15, 0.2) is 21.9 Å². The van der Waals surface area contributed by atoms with E-state index in [9.17, 15) is 13.2 Å². The molecule has 0 saturated carbocycles. The smallest absolute Gasteiger partial charge is 0.242 e. The van der Waals surface area contributed by atoms with Gasteiger partial charge in [-0.1, -0.05) is 11.6 Å². The lowest BCUT2D eigenvalue weighted by Gasteiger charge is -2.25. The quantitative estimate of drug-likeness (QED) is 0.866. The number of thioether (sulfide) groups is 1. The summed E-state index contributed by atoms with van der Waals surface area (Å²) in [6, 6.07) is 3.21. The van der Waals surface area contributed by atoms with Gasteiger partial charge in [0.2, 0.25) is 15.9 Å². The maximum Gasteiger partial charge on any atom is 0.242 e. The summed E-state index contributed by atoms with van der Waals surface area (Å²) in [5.74, 6) is -0.201. The van der Waals surface area contributed by atoms with E-state index in [1.165, 1.54) is 18.7 Å². The Bertz CT molecular complexity index is 631. The van der Waals surface area contributed by atoms with E-state index in [4.69, 9.17) is 11.6 Å². The molecule has 19 heavy (non-hydrogen) atoms. The minimum absolute atomic E-state index is 0.201. The highest BCUT2D eigenvalue weighted by molar-refractivity contribution is 8.02. The number of carbonyl (C=O) groups excluding carboxylic acids is 1. The number of benzene rings is 1. The number of fused-ring (bicyclic) bond motifs is 1. The first-order valence-electron chi connectivity index (χ1n) is 5.53. The molecule has 0 aliphatic carbocycles. The number of rotatable bonds is 2. The fourth-order valence-electron chi connectivity index (χ4n) is 1.67. The van der Waals surface area contributed by atoms with Crippen LogP contribution in [0.1, 0.15) is 12.5 Å². The summed E-state index contributed by atoms with van der Waals surface area (Å²) in [7, 11) is -3.56. The molecule has 0 fully saturated rings. The van der Waals surface area contributed by atoms with Crippen LogP contribution < -0.4 is 10.0 Å². The summed E-state index contributed by atoms with van der Waals surface area (Å²) in [5, 5.41) is 2.69. The van der Waals surface area contributed by atoms with E-state index in [0.29, 0.717) is 15.5 Å². The van der Waals surface area contributed by atoms with Gasteiger partial charge in [0.1, 0.15) is 0 Å². The van der Waals surface area contributed by atoms with Gasteiger partial charge in [-0.25, -0.2) is 8.42 Å². The van der Waals surface area contributed by atoms with Gasteiger partial charge < -0.3 is 5.32 Å². The van der Waals surface area contributed by atoms with E-state index in [1.54, 1.807) is 19.1 Å². The predicted molar refractivity (Wildman–Crippen MR) is 74.8 cm³/mol. The van der Waals surface area contributed by atoms with Crippen LogP contribution in [0.5, 0.6) is 0 Å². The van der Waals surface area contributed by atoms with Gasteiger partial charge in [0.25, 0.3) is 0 Å². The Labute approximate surface area is 121 Å². The van der Waals surface area contributed by atoms with Crippen LogP contribution in [-0.4, -0.2) is 26.2 Å². The third-order valence-corrected chi connectivity index (χ3v) is 5.96. The number of amides is 1. The van der Waals surface area contributed by atoms with E-state index in [1.807, 2.05) is 0 Å². The Hall–Kier alpha value is -0.760. The molecular formula is C11H13ClN2O3S2. The van der Waals surface area contributed by atoms with E-state index in [2.05, 4.69) is 10.0 Å². The third kappa shape index (κ3) is 3.22. The van der Waals surface area contributed by atoms with E-state index < -0.39 is 15.4 Å². The molecule has 0 aromatic heterocycles. The second-order valence-corrected chi connectivity index (χ2v) is 7.55. The number of hydrogen-bond donors (Lipinski definition) is 2. The Kier molecular flexibility index (Phi) is 4.10. The van der Waals surface area contributed by atoms with E-state index in [0.717, 1.165) is 0 Å². The highest BCUT2D eigenvalue weighted by Gasteiger charge is 2.30. The number of hydrogen-bond acceptors (Lipinski definition) is 4. The molecule has 1 heterocycles. The van der Waals surface area contributed by atoms with Crippen molar-refractivity contribution in [3.8, 4) is 0 Å². The normalized spacial score (nSPS) is 20.7. The van der Waals surface area contributed by atoms with Crippen molar-refractivity contribution < 1.29 is 13.2 Å². The van der Waals surface area contributed by atoms with Crippen LogP contribution in [-0.2, 0) is 14.8 Å². The highest BCUT2D eigenvalue weighted by atomic mass is 35.5. The lowest BCUT2D eigenvalue weighted by molar-refractivity contribution is -0.118. The van der Waals surface area contributed by atoms with Gasteiger partial charge in [0.15, 0.2) is 0 Å². The van der Waals surface area contributed by atoms with Gasteiger partial charge in [-0.3, -0.25) is 4.79 Å². The zero-order valence-corrected chi connectivity index (χ0v) is 12.7. The van der Waals surface area contributed by atoms with Crippen LogP contribution >= 0.6 is 23.4 Å². The molecule has 8 heteroatoms. The molecule has 1 aliphatic heterocycles. The van der Waals surface area contributed by atoms with Crippen molar-refractivity contribution in [2.45, 2.75) is 29.0 Å². The van der Waals surface area contributed by atoms with Gasteiger partial charge in [-0.15, -0.1) is 11.8 Å². The Morgan fingerprint density at radius 1 is 1.53 bits per heavy atom. The molecule has 1 unspecified atom stereocenters. The van der Waals surface area contributed by atoms with Crippen molar-refractivity contribution in [3.05, 3.63) is 22.7 Å². The fraction of sp³-hybridized carbons (Fsp3) is 0.364. The molecule has 2 rings (SSSR count). The first-order valence-corrected chi connectivity index (χ1v) is 8.27. The van der Waals surface area contributed by atoms with Crippen LogP contribution in [0.2, 0.25) is 5.02 Å². The number of carbonyl (C=O) groups is 1. The maximum atomic E-state index is 12.1. The van der Waals surface area contributed by atoms with Crippen LogP contribution in [0.3, 0.4) is 0 Å². The van der Waals surface area contributed by atoms with Crippen molar-refractivity contribution in [3.63, 3.8) is 0 Å². The van der Waals surface area contributed by atoms with E-state index in [-0.39, 0.29) is 17.3 Å². The highest BCUT2D eigenvalue weighted by Crippen LogP contribution is 2.37. The van der Waals surface area contributed by atoms with Gasteiger partial charge in [0, 0.05) is 23.4 Å². The Balaban J connectivity index is 2.33. The lowest BCUT2D eigenvalue weighted by atomic mass is 10.2. The van der Waals surface area contributed by atoms with Crippen molar-refractivity contribution in [1.29, 1.82) is 0 Å². The summed E-state index contributed by atoms with van der Waals surface area (Å²) < 4.78 is 26.8. The number of sulfonamides is 1. The Morgan fingerprint density at radius 3 is 2.84 bits per heavy atom. The molecule has 0 saturated heterocycles. The molecule has 5 nitrogen and oxygen atoms in total. The molecule has 0 spiro atoms. The monoisotopic (exact) mass is 320 g/mol. The first kappa shape index (κ1) is 14.6. The van der Waals surface area contributed by atoms with Gasteiger partial charge in [0.05, 0.1) is 10.3 Å². The first-order chi connectivity index (χ1) is 8.79. The average Bonchev–Trinajstić information content (AvgIpc) is 2.28. The van der Waals surface area contributed by atoms with Gasteiger partial charge in [-0.05, 0) is 24.6 Å². The van der Waals surface area contributed by atoms with Crippen molar-refractivity contribution >= 4 is 39.3 Å². The van der Waals surface area contributed by atoms with Crippen molar-refractivity contribution in [2.75, 3.05) is 6.54 Å². The lowest BCUT2D eigenvalue weighted by Crippen LogP contribution is -2.43. The average molecular weight is 321 g/mol. The zero-order valence-electron chi connectivity index (χ0n) is 10.4. The van der Waals surface area contributed by atoms with Gasteiger partial charge >= 0.3 is 0 Å². The fourth-order valence-corrected chi connectivity index (χ4v) is 4.99. The number of nitrogens with one attached hydrogen (secondary N) is 2. The standard InChI is InChI=1S/C11H13ClN2O3S2/c1-6-3-10-9(4-8(6)12)18-11(5-13-7(2)15)14-19(10,16)17/h3-4,11,14H,5H2,1-2H3,(H,13,15). The minimum Gasteiger partial charge on any atom is -0.354 e. The largest absolute Gasteiger partial charge is 0.354 e. The number of halogens is 1. The minimum atomic E-state index is -3.56. The summed E-state index contributed by atoms with van der Waals surface area (Å²) in [5.41, 5.74) is 0.715. The summed E-state index contributed by atoms with van der Waals surface area (Å²) in [4.78, 5) is 11.7. The molecule has 104 valence electrons. The molecule has 1 aromatic rings. The molecule has 1 aliphatic rings. The summed E-state index contributed by atoms with van der Waals surface area (Å²) in [6.07, 6.45) is 0. The Morgan fingerprint density at radius 2 is 2.21 bits per heavy atom. The number of aryl methyl sites for hydroxylation is 1. The summed E-state index contributed by atoms with van der Waals surface area (Å²) >= 11 is 7.35. The second kappa shape index (κ2) is 5.32. The predicted octanol–water partition coefficient (Wildman–Crippen LogP) is 1.49. The molecule has 0 radical (unpaired) electrons. The second-order valence-electron chi connectivity index (χ2n) is 4.21. The molecule has 1 amide bonds.